The smallest absolute Gasteiger partial charge is 0.338 e. The van der Waals surface area contributed by atoms with Crippen molar-refractivity contribution < 1.29 is 19.1 Å². The minimum absolute atomic E-state index is 0.326. The van der Waals surface area contributed by atoms with Crippen LogP contribution in [0.5, 0.6) is 0 Å². The number of rotatable bonds is 6. The highest BCUT2D eigenvalue weighted by atomic mass is 16.5. The minimum atomic E-state index is -0.378. The summed E-state index contributed by atoms with van der Waals surface area (Å²) in [7, 11) is 1.33. The lowest BCUT2D eigenvalue weighted by Crippen LogP contribution is -2.05. The molecule has 0 aromatic heterocycles. The van der Waals surface area contributed by atoms with Crippen LogP contribution in [-0.4, -0.2) is 25.7 Å². The summed E-state index contributed by atoms with van der Waals surface area (Å²) in [5, 5.41) is 0. The largest absolute Gasteiger partial charge is 0.466 e. The minimum Gasteiger partial charge on any atom is -0.466 e. The van der Waals surface area contributed by atoms with Crippen molar-refractivity contribution in [3.05, 3.63) is 48.0 Å². The Morgan fingerprint density at radius 3 is 2.61 bits per heavy atom. The molecule has 0 aliphatic carbocycles. The number of unbranched alkanes of at least 4 members (excludes halogenated alkanes) is 1. The Hall–Kier alpha value is -2.10. The van der Waals surface area contributed by atoms with Gasteiger partial charge in [-0.15, -0.1) is 0 Å². The van der Waals surface area contributed by atoms with Crippen LogP contribution in [0.1, 0.15) is 23.2 Å². The third kappa shape index (κ3) is 5.30. The van der Waals surface area contributed by atoms with Crippen LogP contribution in [0.3, 0.4) is 0 Å². The van der Waals surface area contributed by atoms with Crippen molar-refractivity contribution in [2.24, 2.45) is 0 Å². The Bertz CT molecular complexity index is 409. The number of benzene rings is 1. The lowest BCUT2D eigenvalue weighted by atomic mass is 10.2. The van der Waals surface area contributed by atoms with E-state index >= 15 is 0 Å². The fourth-order valence-corrected chi connectivity index (χ4v) is 1.27. The second-order valence-electron chi connectivity index (χ2n) is 3.57. The summed E-state index contributed by atoms with van der Waals surface area (Å²) in [5.41, 5.74) is 0.544. The first kappa shape index (κ1) is 14.0. The zero-order chi connectivity index (χ0) is 13.2. The quantitative estimate of drug-likeness (QED) is 0.440. The molecular weight excluding hydrogens is 232 g/mol. The molecule has 1 rings (SSSR count). The van der Waals surface area contributed by atoms with Gasteiger partial charge in [0.2, 0.25) is 0 Å². The topological polar surface area (TPSA) is 52.6 Å². The maximum Gasteiger partial charge on any atom is 0.338 e. The summed E-state index contributed by atoms with van der Waals surface area (Å²) in [6, 6.07) is 8.83. The van der Waals surface area contributed by atoms with Gasteiger partial charge in [0.05, 0.1) is 19.3 Å². The molecule has 0 fully saturated rings. The number of carbonyl (C=O) groups excluding carboxylic acids is 2. The van der Waals surface area contributed by atoms with Crippen molar-refractivity contribution in [1.82, 2.24) is 0 Å². The Labute approximate surface area is 106 Å². The summed E-state index contributed by atoms with van der Waals surface area (Å²) in [6.45, 7) is 0.333. The molecule has 0 unspecified atom stereocenters. The summed E-state index contributed by atoms with van der Waals surface area (Å²) >= 11 is 0. The molecule has 96 valence electrons. The SMILES string of the molecule is COC(=O)C=CCCCOC(=O)c1ccccc1. The summed E-state index contributed by atoms with van der Waals surface area (Å²) in [6.07, 6.45) is 4.39. The van der Waals surface area contributed by atoms with Gasteiger partial charge in [-0.25, -0.2) is 9.59 Å². The molecule has 18 heavy (non-hydrogen) atoms. The molecule has 0 saturated heterocycles. The average molecular weight is 248 g/mol. The predicted octanol–water partition coefficient (Wildman–Crippen LogP) is 2.35. The highest BCUT2D eigenvalue weighted by molar-refractivity contribution is 5.89. The van der Waals surface area contributed by atoms with E-state index in [1.54, 1.807) is 30.3 Å². The van der Waals surface area contributed by atoms with Crippen LogP contribution in [0.2, 0.25) is 0 Å². The van der Waals surface area contributed by atoms with Crippen molar-refractivity contribution >= 4 is 11.9 Å². The van der Waals surface area contributed by atoms with Crippen LogP contribution in [0.25, 0.3) is 0 Å². The van der Waals surface area contributed by atoms with Gasteiger partial charge in [-0.2, -0.15) is 0 Å². The molecule has 0 amide bonds. The number of carbonyl (C=O) groups is 2. The van der Waals surface area contributed by atoms with E-state index in [0.717, 1.165) is 0 Å². The first-order valence-electron chi connectivity index (χ1n) is 5.70. The second kappa shape index (κ2) is 8.06. The molecule has 0 spiro atoms. The van der Waals surface area contributed by atoms with E-state index in [1.807, 2.05) is 6.07 Å². The maximum absolute atomic E-state index is 11.5. The molecule has 0 aliphatic rings. The maximum atomic E-state index is 11.5. The molecule has 0 bridgehead atoms. The van der Waals surface area contributed by atoms with E-state index in [4.69, 9.17) is 4.74 Å². The molecule has 4 heteroatoms. The molecule has 0 radical (unpaired) electrons. The zero-order valence-electron chi connectivity index (χ0n) is 10.3. The number of esters is 2. The van der Waals surface area contributed by atoms with Gasteiger partial charge in [0.15, 0.2) is 0 Å². The molecule has 1 aromatic carbocycles. The van der Waals surface area contributed by atoms with Gasteiger partial charge in [0.1, 0.15) is 0 Å². The van der Waals surface area contributed by atoms with E-state index in [0.29, 0.717) is 25.0 Å². The highest BCUT2D eigenvalue weighted by Crippen LogP contribution is 2.02. The third-order valence-electron chi connectivity index (χ3n) is 2.21. The monoisotopic (exact) mass is 248 g/mol. The van der Waals surface area contributed by atoms with Gasteiger partial charge < -0.3 is 9.47 Å². The molecule has 0 N–H and O–H groups in total. The summed E-state index contributed by atoms with van der Waals surface area (Å²) < 4.78 is 9.51. The van der Waals surface area contributed by atoms with Crippen molar-refractivity contribution in [2.45, 2.75) is 12.8 Å². The number of allylic oxidation sites excluding steroid dienone is 1. The van der Waals surface area contributed by atoms with Crippen molar-refractivity contribution in [3.63, 3.8) is 0 Å². The molecule has 0 heterocycles. The van der Waals surface area contributed by atoms with Gasteiger partial charge in [-0.05, 0) is 25.0 Å². The number of hydrogen-bond donors (Lipinski definition) is 0. The van der Waals surface area contributed by atoms with Crippen LogP contribution in [-0.2, 0) is 14.3 Å². The van der Waals surface area contributed by atoms with Crippen molar-refractivity contribution in [2.75, 3.05) is 13.7 Å². The fraction of sp³-hybridized carbons (Fsp3) is 0.286. The Morgan fingerprint density at radius 2 is 1.94 bits per heavy atom. The predicted molar refractivity (Wildman–Crippen MR) is 67.1 cm³/mol. The van der Waals surface area contributed by atoms with Gasteiger partial charge in [-0.3, -0.25) is 0 Å². The van der Waals surface area contributed by atoms with Crippen molar-refractivity contribution in [3.8, 4) is 0 Å². The first-order chi connectivity index (χ1) is 8.74. The van der Waals surface area contributed by atoms with Crippen LogP contribution in [0.15, 0.2) is 42.5 Å². The van der Waals surface area contributed by atoms with E-state index in [1.165, 1.54) is 13.2 Å². The third-order valence-corrected chi connectivity index (χ3v) is 2.21. The first-order valence-corrected chi connectivity index (χ1v) is 5.70. The molecule has 0 atom stereocenters. The van der Waals surface area contributed by atoms with Gasteiger partial charge in [-0.1, -0.05) is 24.3 Å². The van der Waals surface area contributed by atoms with E-state index in [2.05, 4.69) is 4.74 Å². The van der Waals surface area contributed by atoms with Gasteiger partial charge in [0, 0.05) is 6.08 Å². The van der Waals surface area contributed by atoms with E-state index in [-0.39, 0.29) is 11.9 Å². The summed E-state index contributed by atoms with van der Waals surface area (Å²) in [4.78, 5) is 22.3. The number of ether oxygens (including phenoxy) is 2. The lowest BCUT2D eigenvalue weighted by molar-refractivity contribution is -0.134. The van der Waals surface area contributed by atoms with Crippen LogP contribution in [0, 0.1) is 0 Å². The molecule has 0 aliphatic heterocycles. The van der Waals surface area contributed by atoms with Crippen LogP contribution in [0.4, 0.5) is 0 Å². The van der Waals surface area contributed by atoms with E-state index < -0.39 is 0 Å². The van der Waals surface area contributed by atoms with Gasteiger partial charge in [0.25, 0.3) is 0 Å². The normalized spacial score (nSPS) is 10.3. The molecule has 4 nitrogen and oxygen atoms in total. The number of methoxy groups -OCH3 is 1. The van der Waals surface area contributed by atoms with Crippen LogP contribution < -0.4 is 0 Å². The number of hydrogen-bond acceptors (Lipinski definition) is 4. The van der Waals surface area contributed by atoms with Gasteiger partial charge >= 0.3 is 11.9 Å². The Kier molecular flexibility index (Phi) is 6.25. The molecular formula is C14H16O4. The summed E-state index contributed by atoms with van der Waals surface area (Å²) in [5.74, 6) is -0.705. The Morgan fingerprint density at radius 1 is 1.22 bits per heavy atom. The van der Waals surface area contributed by atoms with E-state index in [9.17, 15) is 9.59 Å². The second-order valence-corrected chi connectivity index (χ2v) is 3.57. The van der Waals surface area contributed by atoms with Crippen molar-refractivity contribution in [1.29, 1.82) is 0 Å². The molecule has 0 saturated carbocycles. The highest BCUT2D eigenvalue weighted by Gasteiger charge is 2.04. The zero-order valence-corrected chi connectivity index (χ0v) is 10.3. The average Bonchev–Trinajstić information content (AvgIpc) is 2.43. The van der Waals surface area contributed by atoms with Crippen LogP contribution >= 0.6 is 0 Å². The fourth-order valence-electron chi connectivity index (χ4n) is 1.27. The lowest BCUT2D eigenvalue weighted by Gasteiger charge is -2.03. The Balaban J connectivity index is 2.17. The molecule has 1 aromatic rings. The standard InChI is InChI=1S/C14H16O4/c1-17-13(15)10-6-3-7-11-18-14(16)12-8-4-2-5-9-12/h2,4-6,8-10H,3,7,11H2,1H3.